The van der Waals surface area contributed by atoms with E-state index in [0.717, 1.165) is 11.4 Å². The van der Waals surface area contributed by atoms with Crippen LogP contribution in [0.25, 0.3) is 0 Å². The third-order valence-corrected chi connectivity index (χ3v) is 2.96. The molecule has 0 spiro atoms. The summed E-state index contributed by atoms with van der Waals surface area (Å²) in [6.45, 7) is 1.77. The molecule has 1 atom stereocenters. The summed E-state index contributed by atoms with van der Waals surface area (Å²) in [5.74, 6) is 0.574. The standard InChI is InChI=1S/C14H17FN2O/c1-14(18,10-13-16-7-8-17(13)2)9-11-3-5-12(15)6-4-11/h3-8,18H,9-10H2,1-2H3. The van der Waals surface area contributed by atoms with Crippen LogP contribution in [0.5, 0.6) is 0 Å². The molecule has 1 aromatic heterocycles. The van der Waals surface area contributed by atoms with Gasteiger partial charge in [0.15, 0.2) is 0 Å². The molecule has 0 radical (unpaired) electrons. The fraction of sp³-hybridized carbons (Fsp3) is 0.357. The minimum absolute atomic E-state index is 0.262. The number of halogens is 1. The molecule has 18 heavy (non-hydrogen) atoms. The van der Waals surface area contributed by atoms with Gasteiger partial charge in [-0.15, -0.1) is 0 Å². The summed E-state index contributed by atoms with van der Waals surface area (Å²) < 4.78 is 14.7. The van der Waals surface area contributed by atoms with Crippen molar-refractivity contribution in [2.24, 2.45) is 7.05 Å². The van der Waals surface area contributed by atoms with Gasteiger partial charge in [0.05, 0.1) is 5.60 Å². The number of aryl methyl sites for hydroxylation is 1. The number of imidazole rings is 1. The van der Waals surface area contributed by atoms with Gasteiger partial charge in [0.25, 0.3) is 0 Å². The van der Waals surface area contributed by atoms with Gasteiger partial charge in [-0.2, -0.15) is 0 Å². The Labute approximate surface area is 106 Å². The lowest BCUT2D eigenvalue weighted by molar-refractivity contribution is 0.0580. The lowest BCUT2D eigenvalue weighted by atomic mass is 9.93. The SMILES string of the molecule is Cn1ccnc1CC(C)(O)Cc1ccc(F)cc1. The second kappa shape index (κ2) is 4.90. The summed E-state index contributed by atoms with van der Waals surface area (Å²) in [6, 6.07) is 6.21. The normalized spacial score (nSPS) is 14.4. The molecule has 0 saturated carbocycles. The first kappa shape index (κ1) is 12.8. The van der Waals surface area contributed by atoms with E-state index in [0.29, 0.717) is 12.8 Å². The van der Waals surface area contributed by atoms with E-state index >= 15 is 0 Å². The van der Waals surface area contributed by atoms with E-state index in [4.69, 9.17) is 0 Å². The average Bonchev–Trinajstić information content (AvgIpc) is 2.67. The zero-order valence-electron chi connectivity index (χ0n) is 10.6. The van der Waals surface area contributed by atoms with Crippen molar-refractivity contribution in [3.05, 3.63) is 53.9 Å². The molecule has 96 valence electrons. The number of nitrogens with zero attached hydrogens (tertiary/aromatic N) is 2. The van der Waals surface area contributed by atoms with E-state index in [9.17, 15) is 9.50 Å². The van der Waals surface area contributed by atoms with Crippen molar-refractivity contribution < 1.29 is 9.50 Å². The molecule has 0 aliphatic rings. The van der Waals surface area contributed by atoms with Crippen molar-refractivity contribution in [1.29, 1.82) is 0 Å². The molecule has 0 aliphatic heterocycles. The molecular weight excluding hydrogens is 231 g/mol. The minimum Gasteiger partial charge on any atom is -0.389 e. The van der Waals surface area contributed by atoms with Gasteiger partial charge in [-0.25, -0.2) is 9.37 Å². The Morgan fingerprint density at radius 1 is 1.28 bits per heavy atom. The Morgan fingerprint density at radius 2 is 1.94 bits per heavy atom. The molecule has 1 unspecified atom stereocenters. The Hall–Kier alpha value is -1.68. The number of aromatic nitrogens is 2. The van der Waals surface area contributed by atoms with Gasteiger partial charge < -0.3 is 9.67 Å². The van der Waals surface area contributed by atoms with E-state index in [1.807, 2.05) is 17.8 Å². The Bertz CT molecular complexity index is 517. The number of hydrogen-bond acceptors (Lipinski definition) is 2. The van der Waals surface area contributed by atoms with Crippen LogP contribution in [-0.2, 0) is 19.9 Å². The number of aliphatic hydroxyl groups is 1. The topological polar surface area (TPSA) is 38.0 Å². The molecule has 1 N–H and O–H groups in total. The summed E-state index contributed by atoms with van der Waals surface area (Å²) in [7, 11) is 1.90. The summed E-state index contributed by atoms with van der Waals surface area (Å²) >= 11 is 0. The summed E-state index contributed by atoms with van der Waals surface area (Å²) in [4.78, 5) is 4.20. The second-order valence-electron chi connectivity index (χ2n) is 4.93. The second-order valence-corrected chi connectivity index (χ2v) is 4.93. The first-order chi connectivity index (χ1) is 8.46. The largest absolute Gasteiger partial charge is 0.389 e. The van der Waals surface area contributed by atoms with Crippen molar-refractivity contribution in [2.75, 3.05) is 0 Å². The lowest BCUT2D eigenvalue weighted by Gasteiger charge is -2.23. The Morgan fingerprint density at radius 3 is 2.50 bits per heavy atom. The quantitative estimate of drug-likeness (QED) is 0.899. The predicted octanol–water partition coefficient (Wildman–Crippen LogP) is 2.10. The zero-order valence-corrected chi connectivity index (χ0v) is 10.6. The molecule has 1 heterocycles. The van der Waals surface area contributed by atoms with Crippen LogP contribution in [0.4, 0.5) is 4.39 Å². The van der Waals surface area contributed by atoms with Gasteiger partial charge in [-0.05, 0) is 24.6 Å². The third kappa shape index (κ3) is 3.17. The van der Waals surface area contributed by atoms with Crippen LogP contribution in [0.15, 0.2) is 36.7 Å². The van der Waals surface area contributed by atoms with Crippen molar-refractivity contribution >= 4 is 0 Å². The summed E-state index contributed by atoms with van der Waals surface area (Å²) in [5.41, 5.74) is 0.0207. The highest BCUT2D eigenvalue weighted by Crippen LogP contribution is 2.18. The molecule has 2 aromatic rings. The number of hydrogen-bond donors (Lipinski definition) is 1. The molecule has 4 heteroatoms. The first-order valence-corrected chi connectivity index (χ1v) is 5.89. The predicted molar refractivity (Wildman–Crippen MR) is 67.6 cm³/mol. The van der Waals surface area contributed by atoms with Crippen LogP contribution in [0.3, 0.4) is 0 Å². The molecular formula is C14H17FN2O. The monoisotopic (exact) mass is 248 g/mol. The van der Waals surface area contributed by atoms with E-state index < -0.39 is 5.60 Å². The zero-order chi connectivity index (χ0) is 13.2. The average molecular weight is 248 g/mol. The van der Waals surface area contributed by atoms with Crippen LogP contribution in [0.1, 0.15) is 18.3 Å². The van der Waals surface area contributed by atoms with Crippen molar-refractivity contribution in [2.45, 2.75) is 25.4 Å². The van der Waals surface area contributed by atoms with Crippen molar-refractivity contribution in [3.8, 4) is 0 Å². The lowest BCUT2D eigenvalue weighted by Crippen LogP contribution is -2.31. The molecule has 3 nitrogen and oxygen atoms in total. The van der Waals surface area contributed by atoms with Crippen LogP contribution >= 0.6 is 0 Å². The molecule has 0 amide bonds. The van der Waals surface area contributed by atoms with Gasteiger partial charge in [0, 0.05) is 32.3 Å². The van der Waals surface area contributed by atoms with Gasteiger partial charge in [0.2, 0.25) is 0 Å². The molecule has 0 bridgehead atoms. The van der Waals surface area contributed by atoms with Crippen molar-refractivity contribution in [3.63, 3.8) is 0 Å². The summed E-state index contributed by atoms with van der Waals surface area (Å²) in [5, 5.41) is 10.4. The maximum absolute atomic E-state index is 12.8. The fourth-order valence-electron chi connectivity index (χ4n) is 2.01. The molecule has 0 aliphatic carbocycles. The van der Waals surface area contributed by atoms with Gasteiger partial charge in [0.1, 0.15) is 11.6 Å². The smallest absolute Gasteiger partial charge is 0.123 e. The highest BCUT2D eigenvalue weighted by atomic mass is 19.1. The van der Waals surface area contributed by atoms with Gasteiger partial charge in [-0.1, -0.05) is 12.1 Å². The molecule has 1 aromatic carbocycles. The summed E-state index contributed by atoms with van der Waals surface area (Å²) in [6.07, 6.45) is 4.50. The van der Waals surface area contributed by atoms with Gasteiger partial charge >= 0.3 is 0 Å². The fourth-order valence-corrected chi connectivity index (χ4v) is 2.01. The van der Waals surface area contributed by atoms with E-state index in [1.54, 1.807) is 25.3 Å². The molecule has 0 saturated heterocycles. The minimum atomic E-state index is -0.892. The maximum Gasteiger partial charge on any atom is 0.123 e. The Kier molecular flexibility index (Phi) is 3.48. The van der Waals surface area contributed by atoms with E-state index in [1.165, 1.54) is 12.1 Å². The van der Waals surface area contributed by atoms with Crippen LogP contribution in [0, 0.1) is 5.82 Å². The number of benzene rings is 1. The molecule has 0 fully saturated rings. The first-order valence-electron chi connectivity index (χ1n) is 5.89. The van der Waals surface area contributed by atoms with Crippen LogP contribution in [-0.4, -0.2) is 20.3 Å². The van der Waals surface area contributed by atoms with Crippen LogP contribution < -0.4 is 0 Å². The highest BCUT2D eigenvalue weighted by molar-refractivity contribution is 5.18. The van der Waals surface area contributed by atoms with Gasteiger partial charge in [-0.3, -0.25) is 0 Å². The number of rotatable bonds is 4. The van der Waals surface area contributed by atoms with E-state index in [2.05, 4.69) is 4.98 Å². The molecule has 2 rings (SSSR count). The van der Waals surface area contributed by atoms with Crippen molar-refractivity contribution in [1.82, 2.24) is 9.55 Å². The highest BCUT2D eigenvalue weighted by Gasteiger charge is 2.23. The van der Waals surface area contributed by atoms with E-state index in [-0.39, 0.29) is 5.82 Å². The van der Waals surface area contributed by atoms with Crippen LogP contribution in [0.2, 0.25) is 0 Å². The third-order valence-electron chi connectivity index (χ3n) is 2.96. The Balaban J connectivity index is 2.07. The maximum atomic E-state index is 12.8.